The molecule has 0 aliphatic heterocycles. The molecule has 0 aliphatic rings. The summed E-state index contributed by atoms with van der Waals surface area (Å²) >= 11 is 0. The molecule has 0 aliphatic carbocycles. The molecule has 0 atom stereocenters. The Kier molecular flexibility index (Phi) is 4.50. The third kappa shape index (κ3) is 3.53. The Bertz CT molecular complexity index is 552. The molecule has 1 N–H and O–H groups in total. The zero-order chi connectivity index (χ0) is 13.7. The van der Waals surface area contributed by atoms with Gasteiger partial charge in [0.25, 0.3) is 0 Å². The van der Waals surface area contributed by atoms with E-state index in [1.165, 1.54) is 11.6 Å². The van der Waals surface area contributed by atoms with Crippen molar-refractivity contribution >= 4 is 5.69 Å². The van der Waals surface area contributed by atoms with Gasteiger partial charge in [-0.05, 0) is 36.2 Å². The molecule has 0 unspecified atom stereocenters. The number of para-hydroxylation sites is 1. The third-order valence-electron chi connectivity index (χ3n) is 3.01. The van der Waals surface area contributed by atoms with E-state index in [1.54, 1.807) is 0 Å². The molecular formula is C16H17F2N. The SMILES string of the molecule is CCCc1ccccc1NCc1cc(F)ccc1F. The van der Waals surface area contributed by atoms with Crippen molar-refractivity contribution in [3.8, 4) is 0 Å². The summed E-state index contributed by atoms with van der Waals surface area (Å²) in [6.07, 6.45) is 2.02. The first kappa shape index (κ1) is 13.5. The first-order valence-corrected chi connectivity index (χ1v) is 6.46. The maximum Gasteiger partial charge on any atom is 0.128 e. The largest absolute Gasteiger partial charge is 0.381 e. The van der Waals surface area contributed by atoms with Crippen LogP contribution >= 0.6 is 0 Å². The Morgan fingerprint density at radius 1 is 1.00 bits per heavy atom. The van der Waals surface area contributed by atoms with Gasteiger partial charge in [0.1, 0.15) is 11.6 Å². The molecule has 0 saturated carbocycles. The van der Waals surface area contributed by atoms with Crippen LogP contribution in [0.3, 0.4) is 0 Å². The van der Waals surface area contributed by atoms with Crippen molar-refractivity contribution in [1.82, 2.24) is 0 Å². The number of halogens is 2. The van der Waals surface area contributed by atoms with Crippen LogP contribution in [0.15, 0.2) is 42.5 Å². The van der Waals surface area contributed by atoms with Crippen molar-refractivity contribution in [2.75, 3.05) is 5.32 Å². The number of aryl methyl sites for hydroxylation is 1. The monoisotopic (exact) mass is 261 g/mol. The van der Waals surface area contributed by atoms with E-state index in [-0.39, 0.29) is 12.4 Å². The van der Waals surface area contributed by atoms with Crippen LogP contribution in [-0.4, -0.2) is 0 Å². The summed E-state index contributed by atoms with van der Waals surface area (Å²) in [6.45, 7) is 2.40. The van der Waals surface area contributed by atoms with Gasteiger partial charge in [-0.25, -0.2) is 8.78 Å². The third-order valence-corrected chi connectivity index (χ3v) is 3.01. The molecule has 1 nitrogen and oxygen atoms in total. The van der Waals surface area contributed by atoms with E-state index >= 15 is 0 Å². The fourth-order valence-electron chi connectivity index (χ4n) is 2.05. The minimum atomic E-state index is -0.417. The van der Waals surface area contributed by atoms with Gasteiger partial charge in [-0.15, -0.1) is 0 Å². The van der Waals surface area contributed by atoms with E-state index < -0.39 is 5.82 Å². The van der Waals surface area contributed by atoms with Crippen molar-refractivity contribution in [1.29, 1.82) is 0 Å². The Labute approximate surface area is 112 Å². The highest BCUT2D eigenvalue weighted by Crippen LogP contribution is 2.19. The standard InChI is InChI=1S/C16H17F2N/c1-2-5-12-6-3-4-7-16(12)19-11-13-10-14(17)8-9-15(13)18/h3-4,6-10,19H,2,5,11H2,1H3. The normalized spacial score (nSPS) is 10.5. The second kappa shape index (κ2) is 6.32. The van der Waals surface area contributed by atoms with Crippen LogP contribution in [-0.2, 0) is 13.0 Å². The van der Waals surface area contributed by atoms with Gasteiger partial charge in [-0.2, -0.15) is 0 Å². The summed E-state index contributed by atoms with van der Waals surface area (Å²) in [5.41, 5.74) is 2.51. The Morgan fingerprint density at radius 3 is 2.58 bits per heavy atom. The molecule has 0 spiro atoms. The molecule has 0 radical (unpaired) electrons. The smallest absolute Gasteiger partial charge is 0.128 e. The van der Waals surface area contributed by atoms with Crippen molar-refractivity contribution in [3.05, 3.63) is 65.2 Å². The maximum atomic E-state index is 13.5. The number of hydrogen-bond acceptors (Lipinski definition) is 1. The van der Waals surface area contributed by atoms with Crippen LogP contribution in [0.2, 0.25) is 0 Å². The van der Waals surface area contributed by atoms with Gasteiger partial charge in [-0.1, -0.05) is 31.5 Å². The summed E-state index contributed by atoms with van der Waals surface area (Å²) in [4.78, 5) is 0. The molecule has 2 aromatic rings. The summed E-state index contributed by atoms with van der Waals surface area (Å²) in [6, 6.07) is 11.4. The lowest BCUT2D eigenvalue weighted by molar-refractivity contribution is 0.587. The summed E-state index contributed by atoms with van der Waals surface area (Å²) in [5.74, 6) is -0.804. The average molecular weight is 261 g/mol. The van der Waals surface area contributed by atoms with E-state index in [4.69, 9.17) is 0 Å². The van der Waals surface area contributed by atoms with Gasteiger partial charge in [0.05, 0.1) is 0 Å². The highest BCUT2D eigenvalue weighted by molar-refractivity contribution is 5.51. The molecule has 0 bridgehead atoms. The van der Waals surface area contributed by atoms with E-state index in [0.29, 0.717) is 5.56 Å². The maximum absolute atomic E-state index is 13.5. The molecule has 100 valence electrons. The lowest BCUT2D eigenvalue weighted by atomic mass is 10.1. The Hall–Kier alpha value is -1.90. The van der Waals surface area contributed by atoms with E-state index in [0.717, 1.165) is 30.7 Å². The van der Waals surface area contributed by atoms with Crippen LogP contribution in [0.1, 0.15) is 24.5 Å². The van der Waals surface area contributed by atoms with Crippen molar-refractivity contribution in [2.45, 2.75) is 26.3 Å². The molecule has 0 fully saturated rings. The highest BCUT2D eigenvalue weighted by Gasteiger charge is 2.05. The van der Waals surface area contributed by atoms with Crippen molar-refractivity contribution in [3.63, 3.8) is 0 Å². The van der Waals surface area contributed by atoms with Crippen LogP contribution in [0.4, 0.5) is 14.5 Å². The van der Waals surface area contributed by atoms with Crippen LogP contribution in [0.25, 0.3) is 0 Å². The van der Waals surface area contributed by atoms with E-state index in [2.05, 4.69) is 12.2 Å². The molecule has 0 heterocycles. The summed E-state index contributed by atoms with van der Waals surface area (Å²) < 4.78 is 26.6. The van der Waals surface area contributed by atoms with Crippen LogP contribution < -0.4 is 5.32 Å². The minimum Gasteiger partial charge on any atom is -0.381 e. The van der Waals surface area contributed by atoms with Crippen molar-refractivity contribution in [2.24, 2.45) is 0 Å². The van der Waals surface area contributed by atoms with E-state index in [9.17, 15) is 8.78 Å². The molecular weight excluding hydrogens is 244 g/mol. The predicted molar refractivity (Wildman–Crippen MR) is 74.1 cm³/mol. The highest BCUT2D eigenvalue weighted by atomic mass is 19.1. The second-order valence-corrected chi connectivity index (χ2v) is 4.50. The first-order chi connectivity index (χ1) is 9.20. The molecule has 0 saturated heterocycles. The number of nitrogens with one attached hydrogen (secondary N) is 1. The van der Waals surface area contributed by atoms with Crippen LogP contribution in [0, 0.1) is 11.6 Å². The quantitative estimate of drug-likeness (QED) is 0.833. The van der Waals surface area contributed by atoms with Gasteiger partial charge in [0.2, 0.25) is 0 Å². The summed E-state index contributed by atoms with van der Waals surface area (Å²) in [7, 11) is 0. The summed E-state index contributed by atoms with van der Waals surface area (Å²) in [5, 5.41) is 3.18. The van der Waals surface area contributed by atoms with E-state index in [1.807, 2.05) is 24.3 Å². The molecule has 2 aromatic carbocycles. The van der Waals surface area contributed by atoms with Gasteiger partial charge in [0.15, 0.2) is 0 Å². The molecule has 19 heavy (non-hydrogen) atoms. The van der Waals surface area contributed by atoms with Gasteiger partial charge in [-0.3, -0.25) is 0 Å². The Balaban J connectivity index is 2.12. The van der Waals surface area contributed by atoms with Gasteiger partial charge < -0.3 is 5.32 Å². The number of hydrogen-bond donors (Lipinski definition) is 1. The molecule has 0 amide bonds. The van der Waals surface area contributed by atoms with Crippen molar-refractivity contribution < 1.29 is 8.78 Å². The molecule has 3 heteroatoms. The zero-order valence-electron chi connectivity index (χ0n) is 10.9. The second-order valence-electron chi connectivity index (χ2n) is 4.50. The average Bonchev–Trinajstić information content (AvgIpc) is 2.42. The first-order valence-electron chi connectivity index (χ1n) is 6.46. The fraction of sp³-hybridized carbons (Fsp3) is 0.250. The Morgan fingerprint density at radius 2 is 1.79 bits per heavy atom. The zero-order valence-corrected chi connectivity index (χ0v) is 10.9. The lowest BCUT2D eigenvalue weighted by Gasteiger charge is -2.12. The number of benzene rings is 2. The molecule has 2 rings (SSSR count). The molecule has 0 aromatic heterocycles. The lowest BCUT2D eigenvalue weighted by Crippen LogP contribution is -2.04. The van der Waals surface area contributed by atoms with Crippen LogP contribution in [0.5, 0.6) is 0 Å². The topological polar surface area (TPSA) is 12.0 Å². The van der Waals surface area contributed by atoms with Gasteiger partial charge >= 0.3 is 0 Å². The minimum absolute atomic E-state index is 0.282. The number of rotatable bonds is 5. The fourth-order valence-corrected chi connectivity index (χ4v) is 2.05. The predicted octanol–water partition coefficient (Wildman–Crippen LogP) is 4.53. The van der Waals surface area contributed by atoms with Gasteiger partial charge in [0, 0.05) is 17.8 Å². The number of anilines is 1.